The summed E-state index contributed by atoms with van der Waals surface area (Å²) in [5.74, 6) is -0.216. The fraction of sp³-hybridized carbons (Fsp3) is 0.391. The quantitative estimate of drug-likeness (QED) is 0.833. The van der Waals surface area contributed by atoms with E-state index >= 15 is 0 Å². The van der Waals surface area contributed by atoms with Crippen LogP contribution in [-0.2, 0) is 6.42 Å². The lowest BCUT2D eigenvalue weighted by Crippen LogP contribution is -2.40. The molecule has 2 fully saturated rings. The van der Waals surface area contributed by atoms with E-state index in [0.29, 0.717) is 18.7 Å². The highest BCUT2D eigenvalue weighted by Crippen LogP contribution is 2.30. The second kappa shape index (κ2) is 8.23. The van der Waals surface area contributed by atoms with E-state index in [1.807, 2.05) is 41.3 Å². The molecule has 2 heterocycles. The Morgan fingerprint density at radius 2 is 1.97 bits per heavy atom. The lowest BCUT2D eigenvalue weighted by atomic mass is 10.0. The van der Waals surface area contributed by atoms with Crippen LogP contribution in [0.5, 0.6) is 0 Å². The lowest BCUT2D eigenvalue weighted by Gasteiger charge is -2.29. The van der Waals surface area contributed by atoms with E-state index in [9.17, 15) is 14.0 Å². The average molecular weight is 395 g/mol. The monoisotopic (exact) mass is 395 g/mol. The molecule has 0 bridgehead atoms. The number of urea groups is 1. The van der Waals surface area contributed by atoms with Gasteiger partial charge in [0.05, 0.1) is 0 Å². The summed E-state index contributed by atoms with van der Waals surface area (Å²) in [6.07, 6.45) is 3.63. The Hall–Kier alpha value is -2.89. The molecular weight excluding hydrogens is 369 g/mol. The molecule has 152 valence electrons. The zero-order valence-corrected chi connectivity index (χ0v) is 16.6. The number of likely N-dealkylation sites (tertiary alicyclic amines) is 1. The number of rotatable bonds is 5. The summed E-state index contributed by atoms with van der Waals surface area (Å²) < 4.78 is 13.1. The van der Waals surface area contributed by atoms with Crippen molar-refractivity contribution in [3.63, 3.8) is 0 Å². The van der Waals surface area contributed by atoms with E-state index in [1.54, 1.807) is 4.90 Å². The van der Waals surface area contributed by atoms with E-state index in [0.717, 1.165) is 36.9 Å². The third-order valence-corrected chi connectivity index (χ3v) is 5.96. The van der Waals surface area contributed by atoms with Crippen molar-refractivity contribution in [3.8, 4) is 0 Å². The van der Waals surface area contributed by atoms with Crippen LogP contribution in [0, 0.1) is 5.82 Å². The summed E-state index contributed by atoms with van der Waals surface area (Å²) in [6, 6.07) is 14.1. The molecule has 3 amide bonds. The maximum absolute atomic E-state index is 13.3. The number of aryl methyl sites for hydroxylation is 1. The zero-order chi connectivity index (χ0) is 20.4. The molecule has 2 aliphatic rings. The highest BCUT2D eigenvalue weighted by atomic mass is 19.1. The summed E-state index contributed by atoms with van der Waals surface area (Å²) in [5.41, 5.74) is 2.45. The highest BCUT2D eigenvalue weighted by Gasteiger charge is 2.34. The molecule has 2 aromatic carbocycles. The molecule has 6 heteroatoms. The van der Waals surface area contributed by atoms with E-state index < -0.39 is 0 Å². The summed E-state index contributed by atoms with van der Waals surface area (Å²) in [6.45, 7) is 3.32. The third kappa shape index (κ3) is 4.11. The highest BCUT2D eigenvalue weighted by molar-refractivity contribution is 5.98. The van der Waals surface area contributed by atoms with Gasteiger partial charge in [0, 0.05) is 36.4 Å². The first kappa shape index (κ1) is 19.4. The van der Waals surface area contributed by atoms with E-state index in [2.05, 4.69) is 12.2 Å². The van der Waals surface area contributed by atoms with Gasteiger partial charge in [0.2, 0.25) is 0 Å². The van der Waals surface area contributed by atoms with Crippen LogP contribution in [0.25, 0.3) is 0 Å². The number of hydrogen-bond donors (Lipinski definition) is 1. The molecule has 2 aromatic rings. The van der Waals surface area contributed by atoms with Gasteiger partial charge in [0.15, 0.2) is 0 Å². The van der Waals surface area contributed by atoms with Gasteiger partial charge in [-0.25, -0.2) is 9.18 Å². The van der Waals surface area contributed by atoms with Gasteiger partial charge in [0.25, 0.3) is 5.91 Å². The Kier molecular flexibility index (Phi) is 5.51. The van der Waals surface area contributed by atoms with Crippen molar-refractivity contribution >= 4 is 17.6 Å². The molecule has 4 rings (SSSR count). The van der Waals surface area contributed by atoms with E-state index in [1.165, 1.54) is 12.1 Å². The Bertz CT molecular complexity index is 899. The van der Waals surface area contributed by atoms with Crippen LogP contribution < -0.4 is 10.2 Å². The van der Waals surface area contributed by atoms with Crippen molar-refractivity contribution < 1.29 is 14.0 Å². The Labute approximate surface area is 170 Å². The number of halogens is 1. The molecule has 0 aliphatic carbocycles. The van der Waals surface area contributed by atoms with Crippen LogP contribution >= 0.6 is 0 Å². The first-order chi connectivity index (χ1) is 14.0. The summed E-state index contributed by atoms with van der Waals surface area (Å²) in [4.78, 5) is 28.9. The molecule has 1 N–H and O–H groups in total. The summed E-state index contributed by atoms with van der Waals surface area (Å²) in [7, 11) is 0. The molecule has 0 unspecified atom stereocenters. The molecular formula is C23H26FN3O2. The number of hydrogen-bond acceptors (Lipinski definition) is 2. The molecule has 5 nitrogen and oxygen atoms in total. The van der Waals surface area contributed by atoms with Crippen molar-refractivity contribution in [2.24, 2.45) is 0 Å². The molecule has 0 saturated carbocycles. The smallest absolute Gasteiger partial charge is 0.321 e. The minimum atomic E-state index is -0.230. The van der Waals surface area contributed by atoms with Gasteiger partial charge >= 0.3 is 6.03 Å². The third-order valence-electron chi connectivity index (χ3n) is 5.96. The minimum absolute atomic E-state index is 0.0144. The first-order valence-corrected chi connectivity index (χ1v) is 10.3. The van der Waals surface area contributed by atoms with Crippen molar-refractivity contribution in [1.29, 1.82) is 0 Å². The van der Waals surface area contributed by atoms with Gasteiger partial charge in [-0.1, -0.05) is 18.2 Å². The zero-order valence-electron chi connectivity index (χ0n) is 16.6. The Morgan fingerprint density at radius 1 is 1.17 bits per heavy atom. The number of carbonyl (C=O) groups is 2. The van der Waals surface area contributed by atoms with Gasteiger partial charge in [-0.2, -0.15) is 0 Å². The molecule has 2 atom stereocenters. The van der Waals surface area contributed by atoms with Crippen LogP contribution in [0.15, 0.2) is 48.5 Å². The second-order valence-corrected chi connectivity index (χ2v) is 7.89. The van der Waals surface area contributed by atoms with Gasteiger partial charge in [-0.15, -0.1) is 0 Å². The molecule has 0 aromatic heterocycles. The predicted octanol–water partition coefficient (Wildman–Crippen LogP) is 3.98. The number of amides is 3. The topological polar surface area (TPSA) is 52.7 Å². The molecule has 2 saturated heterocycles. The SMILES string of the molecule is C[C@@H]1CC[C@H](CCc2ccc(F)cc2)N1C(=O)c1cccc(N2CCNC2=O)c1. The number of carbonyl (C=O) groups excluding carboxylic acids is 2. The van der Waals surface area contributed by atoms with Gasteiger partial charge in [-0.3, -0.25) is 9.69 Å². The minimum Gasteiger partial charge on any atom is -0.336 e. The molecule has 0 radical (unpaired) electrons. The number of nitrogens with one attached hydrogen (secondary N) is 1. The summed E-state index contributed by atoms with van der Waals surface area (Å²) in [5, 5.41) is 2.79. The molecule has 2 aliphatic heterocycles. The Balaban J connectivity index is 1.48. The summed E-state index contributed by atoms with van der Waals surface area (Å²) >= 11 is 0. The van der Waals surface area contributed by atoms with Crippen LogP contribution in [0.1, 0.15) is 42.1 Å². The van der Waals surface area contributed by atoms with Crippen LogP contribution in [0.2, 0.25) is 0 Å². The Morgan fingerprint density at radius 3 is 2.69 bits per heavy atom. The molecule has 29 heavy (non-hydrogen) atoms. The van der Waals surface area contributed by atoms with Crippen LogP contribution in [0.3, 0.4) is 0 Å². The van der Waals surface area contributed by atoms with Crippen molar-refractivity contribution in [3.05, 3.63) is 65.5 Å². The van der Waals surface area contributed by atoms with E-state index in [4.69, 9.17) is 0 Å². The lowest BCUT2D eigenvalue weighted by molar-refractivity contribution is 0.0672. The van der Waals surface area contributed by atoms with Gasteiger partial charge in [-0.05, 0) is 68.5 Å². The van der Waals surface area contributed by atoms with Gasteiger partial charge in [0.1, 0.15) is 5.82 Å². The van der Waals surface area contributed by atoms with E-state index in [-0.39, 0.29) is 29.8 Å². The predicted molar refractivity (Wildman–Crippen MR) is 111 cm³/mol. The number of benzene rings is 2. The standard InChI is InChI=1S/C23H26FN3O2/c1-16-5-11-20(12-8-17-6-9-19(24)10-7-17)27(16)22(28)18-3-2-4-21(15-18)26-14-13-25-23(26)29/h2-4,6-7,9-10,15-16,20H,5,8,11-14H2,1H3,(H,25,29)/t16-,20-/m1/s1. The average Bonchev–Trinajstić information content (AvgIpc) is 3.32. The first-order valence-electron chi connectivity index (χ1n) is 10.3. The van der Waals surface area contributed by atoms with Crippen LogP contribution in [0.4, 0.5) is 14.9 Å². The fourth-order valence-corrected chi connectivity index (χ4v) is 4.38. The normalized spacial score (nSPS) is 21.5. The van der Waals surface area contributed by atoms with Crippen molar-refractivity contribution in [2.75, 3.05) is 18.0 Å². The van der Waals surface area contributed by atoms with Crippen LogP contribution in [-0.4, -0.2) is 42.0 Å². The molecule has 0 spiro atoms. The maximum Gasteiger partial charge on any atom is 0.321 e. The van der Waals surface area contributed by atoms with Gasteiger partial charge < -0.3 is 10.2 Å². The fourth-order valence-electron chi connectivity index (χ4n) is 4.38. The second-order valence-electron chi connectivity index (χ2n) is 7.89. The maximum atomic E-state index is 13.3. The number of nitrogens with zero attached hydrogens (tertiary/aromatic N) is 2. The number of anilines is 1. The largest absolute Gasteiger partial charge is 0.336 e. The van der Waals surface area contributed by atoms with Crippen molar-refractivity contribution in [1.82, 2.24) is 10.2 Å². The van der Waals surface area contributed by atoms with Crippen molar-refractivity contribution in [2.45, 2.75) is 44.7 Å².